The highest BCUT2D eigenvalue weighted by Gasteiger charge is 2.40. The zero-order valence-electron chi connectivity index (χ0n) is 20.6. The fourth-order valence-electron chi connectivity index (χ4n) is 4.18. The predicted octanol–water partition coefficient (Wildman–Crippen LogP) is 3.92. The smallest absolute Gasteiger partial charge is 0.243 e. The number of benzene rings is 1. The predicted molar refractivity (Wildman–Crippen MR) is 134 cm³/mol. The van der Waals surface area contributed by atoms with Crippen LogP contribution < -0.4 is 5.32 Å². The Labute approximate surface area is 209 Å². The first kappa shape index (κ1) is 25.1. The summed E-state index contributed by atoms with van der Waals surface area (Å²) in [6.07, 6.45) is 0.374. The van der Waals surface area contributed by atoms with Crippen LogP contribution in [0.2, 0.25) is 0 Å². The minimum absolute atomic E-state index is 0.0694. The van der Waals surface area contributed by atoms with Gasteiger partial charge in [0.25, 0.3) is 0 Å². The van der Waals surface area contributed by atoms with Crippen LogP contribution in [0.25, 0.3) is 10.4 Å². The van der Waals surface area contributed by atoms with Crippen LogP contribution in [0.3, 0.4) is 0 Å². The Morgan fingerprint density at radius 3 is 2.66 bits per heavy atom. The zero-order chi connectivity index (χ0) is 24.9. The molecule has 4 rings (SSSR count). The molecule has 0 saturated carbocycles. The van der Waals surface area contributed by atoms with Crippen LogP contribution in [0.4, 0.5) is 0 Å². The Bertz CT molecular complexity index is 1150. The van der Waals surface area contributed by atoms with Crippen LogP contribution >= 0.6 is 11.3 Å². The van der Waals surface area contributed by atoms with E-state index in [1.807, 2.05) is 43.6 Å². The monoisotopic (exact) mass is 496 g/mol. The van der Waals surface area contributed by atoms with E-state index in [0.717, 1.165) is 27.4 Å². The molecule has 0 bridgehead atoms. The van der Waals surface area contributed by atoms with Crippen molar-refractivity contribution >= 4 is 23.2 Å². The quantitative estimate of drug-likeness (QED) is 0.482. The van der Waals surface area contributed by atoms with Crippen molar-refractivity contribution in [1.29, 1.82) is 0 Å². The first-order chi connectivity index (χ1) is 16.8. The summed E-state index contributed by atoms with van der Waals surface area (Å²) in [5.41, 5.74) is 5.68. The molecule has 9 heteroatoms. The Morgan fingerprint density at radius 2 is 2.03 bits per heavy atom. The maximum Gasteiger partial charge on any atom is 0.243 e. The largest absolute Gasteiger partial charge is 0.376 e. The first-order valence-electron chi connectivity index (χ1n) is 11.9. The third kappa shape index (κ3) is 6.35. The lowest BCUT2D eigenvalue weighted by Gasteiger charge is -2.23. The maximum atomic E-state index is 13.2. The van der Waals surface area contributed by atoms with E-state index in [0.29, 0.717) is 37.8 Å². The number of ether oxygens (including phenoxy) is 1. The lowest BCUT2D eigenvalue weighted by Crippen LogP contribution is -2.46. The second kappa shape index (κ2) is 11.1. The molecule has 8 nitrogen and oxygen atoms in total. The molecule has 186 valence electrons. The van der Waals surface area contributed by atoms with Crippen LogP contribution in [0.5, 0.6) is 0 Å². The topological polar surface area (TPSA) is 97.6 Å². The second-order valence-electron chi connectivity index (χ2n) is 9.44. The van der Waals surface area contributed by atoms with Gasteiger partial charge >= 0.3 is 0 Å². The van der Waals surface area contributed by atoms with Crippen molar-refractivity contribution in [3.8, 4) is 10.4 Å². The van der Waals surface area contributed by atoms with Crippen molar-refractivity contribution in [2.24, 2.45) is 5.92 Å². The van der Waals surface area contributed by atoms with Crippen molar-refractivity contribution < 1.29 is 18.8 Å². The van der Waals surface area contributed by atoms with Crippen molar-refractivity contribution in [3.05, 3.63) is 58.6 Å². The molecular weight excluding hydrogens is 464 g/mol. The number of nitrogens with one attached hydrogen (secondary N) is 1. The molecule has 2 aromatic heterocycles. The Balaban J connectivity index is 1.39. The van der Waals surface area contributed by atoms with E-state index in [-0.39, 0.29) is 24.3 Å². The highest BCUT2D eigenvalue weighted by molar-refractivity contribution is 7.13. The van der Waals surface area contributed by atoms with E-state index in [4.69, 9.17) is 9.26 Å². The average Bonchev–Trinajstić information content (AvgIpc) is 3.56. The van der Waals surface area contributed by atoms with Gasteiger partial charge in [-0.3, -0.25) is 9.59 Å². The number of thiazole rings is 1. The highest BCUT2D eigenvalue weighted by atomic mass is 32.1. The Morgan fingerprint density at radius 1 is 1.26 bits per heavy atom. The molecule has 3 heterocycles. The van der Waals surface area contributed by atoms with E-state index in [9.17, 15) is 9.59 Å². The molecule has 3 aromatic rings. The molecule has 35 heavy (non-hydrogen) atoms. The molecule has 0 unspecified atom stereocenters. The van der Waals surface area contributed by atoms with Gasteiger partial charge in [-0.15, -0.1) is 11.3 Å². The molecular formula is C26H32N4O4S. The summed E-state index contributed by atoms with van der Waals surface area (Å²) in [5, 5.41) is 6.86. The first-order valence-corrected chi connectivity index (χ1v) is 12.8. The SMILES string of the molecule is Cc1cc(CC(=O)N2C[C@H](OCC(C)C)C[C@H]2C(=O)NCc2ccc(-c3scnc3C)cc2)on1. The van der Waals surface area contributed by atoms with E-state index in [1.54, 1.807) is 22.3 Å². The number of amides is 2. The van der Waals surface area contributed by atoms with Gasteiger partial charge in [0.2, 0.25) is 11.8 Å². The molecule has 0 aliphatic carbocycles. The molecule has 0 radical (unpaired) electrons. The molecule has 1 fully saturated rings. The lowest BCUT2D eigenvalue weighted by atomic mass is 10.1. The number of nitrogens with zero attached hydrogens (tertiary/aromatic N) is 3. The van der Waals surface area contributed by atoms with Crippen LogP contribution in [-0.4, -0.2) is 52.2 Å². The summed E-state index contributed by atoms with van der Waals surface area (Å²) >= 11 is 1.61. The van der Waals surface area contributed by atoms with E-state index >= 15 is 0 Å². The lowest BCUT2D eigenvalue weighted by molar-refractivity contribution is -0.138. The summed E-state index contributed by atoms with van der Waals surface area (Å²) in [4.78, 5) is 33.3. The summed E-state index contributed by atoms with van der Waals surface area (Å²) in [7, 11) is 0. The highest BCUT2D eigenvalue weighted by Crippen LogP contribution is 2.27. The third-order valence-electron chi connectivity index (χ3n) is 5.98. The third-order valence-corrected chi connectivity index (χ3v) is 6.96. The summed E-state index contributed by atoms with van der Waals surface area (Å²) in [5.74, 6) is 0.529. The zero-order valence-corrected chi connectivity index (χ0v) is 21.4. The molecule has 1 saturated heterocycles. The standard InChI is InChI=1S/C26H32N4O4S/c1-16(2)14-33-22-10-23(30(13-22)24(31)11-21-9-17(3)29-34-21)26(32)27-12-19-5-7-20(8-6-19)25-18(4)28-15-35-25/h5-9,15-16,22-23H,10-14H2,1-4H3,(H,27,32)/t22-,23+/m1/s1. The van der Waals surface area contributed by atoms with E-state index < -0.39 is 6.04 Å². The average molecular weight is 497 g/mol. The molecule has 2 amide bonds. The number of likely N-dealkylation sites (tertiary alicyclic amines) is 1. The number of aryl methyl sites for hydroxylation is 2. The number of hydrogen-bond acceptors (Lipinski definition) is 7. The van der Waals surface area contributed by atoms with Crippen molar-refractivity contribution in [3.63, 3.8) is 0 Å². The minimum Gasteiger partial charge on any atom is -0.376 e. The number of carbonyl (C=O) groups is 2. The summed E-state index contributed by atoms with van der Waals surface area (Å²) < 4.78 is 11.2. The number of hydrogen-bond donors (Lipinski definition) is 1. The Kier molecular flexibility index (Phi) is 7.97. The molecule has 1 aliphatic heterocycles. The molecule has 1 N–H and O–H groups in total. The van der Waals surface area contributed by atoms with Crippen molar-refractivity contribution in [1.82, 2.24) is 20.4 Å². The normalized spacial score (nSPS) is 17.8. The van der Waals surface area contributed by atoms with Crippen LogP contribution in [0.1, 0.15) is 43.0 Å². The van der Waals surface area contributed by atoms with Gasteiger partial charge in [-0.25, -0.2) is 4.98 Å². The van der Waals surface area contributed by atoms with Crippen molar-refractivity contribution in [2.75, 3.05) is 13.2 Å². The van der Waals surface area contributed by atoms with Gasteiger partial charge in [0, 0.05) is 32.2 Å². The van der Waals surface area contributed by atoms with E-state index in [1.165, 1.54) is 0 Å². The Hall–Kier alpha value is -3.04. The molecule has 1 aromatic carbocycles. The summed E-state index contributed by atoms with van der Waals surface area (Å²) in [6.45, 7) is 9.33. The van der Waals surface area contributed by atoms with Gasteiger partial charge in [0.1, 0.15) is 11.8 Å². The maximum absolute atomic E-state index is 13.2. The molecule has 2 atom stereocenters. The number of carbonyl (C=O) groups excluding carboxylic acids is 2. The van der Waals surface area contributed by atoms with Gasteiger partial charge in [-0.2, -0.15) is 0 Å². The van der Waals surface area contributed by atoms with Gasteiger partial charge < -0.3 is 19.5 Å². The summed E-state index contributed by atoms with van der Waals surface area (Å²) in [6, 6.07) is 9.27. The molecule has 1 aliphatic rings. The fraction of sp³-hybridized carbons (Fsp3) is 0.462. The van der Waals surface area contributed by atoms with Gasteiger partial charge in [0.15, 0.2) is 0 Å². The number of aromatic nitrogens is 2. The fourth-order valence-corrected chi connectivity index (χ4v) is 4.99. The molecule has 0 spiro atoms. The minimum atomic E-state index is -0.581. The van der Waals surface area contributed by atoms with Crippen LogP contribution in [-0.2, 0) is 27.3 Å². The van der Waals surface area contributed by atoms with Crippen LogP contribution in [0.15, 0.2) is 40.4 Å². The number of rotatable bonds is 9. The second-order valence-corrected chi connectivity index (χ2v) is 10.3. The van der Waals surface area contributed by atoms with Crippen molar-refractivity contribution in [2.45, 2.75) is 59.2 Å². The van der Waals surface area contributed by atoms with Crippen LogP contribution in [0, 0.1) is 19.8 Å². The van der Waals surface area contributed by atoms with Gasteiger partial charge in [-0.05, 0) is 30.9 Å². The van der Waals surface area contributed by atoms with Gasteiger partial charge in [-0.1, -0.05) is 43.3 Å². The van der Waals surface area contributed by atoms with Gasteiger partial charge in [0.05, 0.1) is 34.3 Å². The van der Waals surface area contributed by atoms with E-state index in [2.05, 4.69) is 29.3 Å².